The molecule has 0 saturated carbocycles. The van der Waals surface area contributed by atoms with E-state index in [1.807, 2.05) is 24.3 Å². The molecular weight excluding hydrogens is 317 g/mol. The molecule has 0 radical (unpaired) electrons. The molecule has 3 heteroatoms. The molecule has 0 atom stereocenters. The molecule has 4 aromatic carbocycles. The summed E-state index contributed by atoms with van der Waals surface area (Å²) in [5.74, 6) is 0.724. The number of rotatable bonds is 4. The van der Waals surface area contributed by atoms with Crippen LogP contribution in [0.5, 0.6) is 5.75 Å². The zero-order valence-electron chi connectivity index (χ0n) is 14.8. The van der Waals surface area contributed by atoms with Crippen LogP contribution >= 0.6 is 0 Å². The van der Waals surface area contributed by atoms with Crippen LogP contribution < -0.4 is 15.9 Å². The largest absolute Gasteiger partial charge is 0.487 e. The first-order valence-corrected chi connectivity index (χ1v) is 8.76. The van der Waals surface area contributed by atoms with Crippen molar-refractivity contribution >= 4 is 29.8 Å². The zero-order chi connectivity index (χ0) is 17.9. The Hall–Kier alpha value is -3.20. The fraction of sp³-hybridized carbons (Fsp3) is 0.0435. The quantitative estimate of drug-likeness (QED) is 0.452. The summed E-state index contributed by atoms with van der Waals surface area (Å²) < 4.78 is 5.81. The Bertz CT molecular complexity index is 1060. The molecule has 126 valence electrons. The molecule has 0 aromatic heterocycles. The molecular formula is C23H20BNO. The van der Waals surface area contributed by atoms with Crippen molar-refractivity contribution in [2.45, 2.75) is 6.61 Å². The third kappa shape index (κ3) is 3.43. The van der Waals surface area contributed by atoms with Gasteiger partial charge in [0.2, 0.25) is 0 Å². The maximum Gasteiger partial charge on any atom is 0.142 e. The number of ether oxygens (including phenoxy) is 1. The summed E-state index contributed by atoms with van der Waals surface area (Å²) in [6, 6.07) is 29.2. The normalized spacial score (nSPS) is 10.8. The minimum atomic E-state index is 0.505. The van der Waals surface area contributed by atoms with Crippen LogP contribution in [-0.2, 0) is 6.61 Å². The molecule has 0 aliphatic carbocycles. The standard InChI is InChI=1S/C23H20BNO/c24-21-12-11-19-13-18(9-10-20(19)14-21)17-7-5-16(6-8-17)15-26-23-4-2-1-3-22(23)25/h1-14H,15,24-25H2. The number of fused-ring (bicyclic) bond motifs is 1. The van der Waals surface area contributed by atoms with Gasteiger partial charge in [0.1, 0.15) is 20.2 Å². The van der Waals surface area contributed by atoms with Gasteiger partial charge in [0.05, 0.1) is 5.69 Å². The van der Waals surface area contributed by atoms with Gasteiger partial charge < -0.3 is 10.5 Å². The highest BCUT2D eigenvalue weighted by Crippen LogP contribution is 2.25. The van der Waals surface area contributed by atoms with E-state index in [0.29, 0.717) is 12.3 Å². The summed E-state index contributed by atoms with van der Waals surface area (Å²) in [7, 11) is 2.12. The van der Waals surface area contributed by atoms with Gasteiger partial charge in [0, 0.05) is 0 Å². The fourth-order valence-corrected chi connectivity index (χ4v) is 3.11. The Labute approximate surface area is 154 Å². The van der Waals surface area contributed by atoms with E-state index in [-0.39, 0.29) is 0 Å². The average molecular weight is 337 g/mol. The molecule has 0 aliphatic rings. The van der Waals surface area contributed by atoms with Crippen LogP contribution in [0.15, 0.2) is 84.9 Å². The summed E-state index contributed by atoms with van der Waals surface area (Å²) in [5, 5.41) is 2.54. The van der Waals surface area contributed by atoms with E-state index in [4.69, 9.17) is 10.5 Å². The van der Waals surface area contributed by atoms with Crippen molar-refractivity contribution in [3.8, 4) is 16.9 Å². The number of anilines is 1. The van der Waals surface area contributed by atoms with E-state index in [2.05, 4.69) is 68.5 Å². The summed E-state index contributed by atoms with van der Waals surface area (Å²) in [6.45, 7) is 0.505. The van der Waals surface area contributed by atoms with E-state index >= 15 is 0 Å². The SMILES string of the molecule is Bc1ccc2cc(-c3ccc(COc4ccccc4N)cc3)ccc2c1. The second-order valence-electron chi connectivity index (χ2n) is 6.59. The first-order valence-electron chi connectivity index (χ1n) is 8.76. The Morgan fingerprint density at radius 1 is 0.731 bits per heavy atom. The predicted octanol–water partition coefficient (Wildman–Crippen LogP) is 3.93. The van der Waals surface area contributed by atoms with Crippen molar-refractivity contribution in [3.63, 3.8) is 0 Å². The Kier molecular flexibility index (Phi) is 4.36. The molecule has 26 heavy (non-hydrogen) atoms. The molecule has 0 heterocycles. The lowest BCUT2D eigenvalue weighted by Crippen LogP contribution is -1.99. The molecule has 0 bridgehead atoms. The monoisotopic (exact) mass is 337 g/mol. The minimum absolute atomic E-state index is 0.505. The van der Waals surface area contributed by atoms with Crippen LogP contribution in [0.25, 0.3) is 21.9 Å². The van der Waals surface area contributed by atoms with Crippen LogP contribution in [0.4, 0.5) is 5.69 Å². The van der Waals surface area contributed by atoms with Crippen LogP contribution in [-0.4, -0.2) is 7.85 Å². The molecule has 4 aromatic rings. The zero-order valence-corrected chi connectivity index (χ0v) is 14.8. The lowest BCUT2D eigenvalue weighted by molar-refractivity contribution is 0.308. The van der Waals surface area contributed by atoms with Gasteiger partial charge in [-0.15, -0.1) is 0 Å². The number of nitrogen functional groups attached to an aromatic ring is 1. The van der Waals surface area contributed by atoms with Gasteiger partial charge in [-0.1, -0.05) is 72.2 Å². The molecule has 4 rings (SSSR count). The maximum atomic E-state index is 5.91. The predicted molar refractivity (Wildman–Crippen MR) is 113 cm³/mol. The van der Waals surface area contributed by atoms with Crippen molar-refractivity contribution < 1.29 is 4.74 Å². The van der Waals surface area contributed by atoms with Crippen LogP contribution in [0.1, 0.15) is 5.56 Å². The highest BCUT2D eigenvalue weighted by atomic mass is 16.5. The molecule has 2 nitrogen and oxygen atoms in total. The first kappa shape index (κ1) is 16.3. The van der Waals surface area contributed by atoms with Gasteiger partial charge in [-0.25, -0.2) is 0 Å². The summed E-state index contributed by atoms with van der Waals surface area (Å²) in [6.07, 6.45) is 0. The molecule has 0 amide bonds. The fourth-order valence-electron chi connectivity index (χ4n) is 3.11. The molecule has 0 aliphatic heterocycles. The number of hydrogen-bond acceptors (Lipinski definition) is 2. The van der Waals surface area contributed by atoms with E-state index < -0.39 is 0 Å². The average Bonchev–Trinajstić information content (AvgIpc) is 2.67. The minimum Gasteiger partial charge on any atom is -0.487 e. The summed E-state index contributed by atoms with van der Waals surface area (Å²) in [4.78, 5) is 0. The van der Waals surface area contributed by atoms with Crippen LogP contribution in [0.2, 0.25) is 0 Å². The van der Waals surface area contributed by atoms with Gasteiger partial charge in [-0.05, 0) is 45.7 Å². The van der Waals surface area contributed by atoms with Gasteiger partial charge in [-0.3, -0.25) is 0 Å². The molecule has 2 N–H and O–H groups in total. The Morgan fingerprint density at radius 3 is 2.23 bits per heavy atom. The molecule has 0 unspecified atom stereocenters. The van der Waals surface area contributed by atoms with E-state index in [0.717, 1.165) is 11.3 Å². The third-order valence-corrected chi connectivity index (χ3v) is 4.60. The van der Waals surface area contributed by atoms with Gasteiger partial charge in [0.25, 0.3) is 0 Å². The lowest BCUT2D eigenvalue weighted by atomic mass is 9.92. The summed E-state index contributed by atoms with van der Waals surface area (Å²) >= 11 is 0. The highest BCUT2D eigenvalue weighted by Gasteiger charge is 2.03. The smallest absolute Gasteiger partial charge is 0.142 e. The van der Waals surface area contributed by atoms with E-state index in [1.165, 1.54) is 27.4 Å². The van der Waals surface area contributed by atoms with Crippen molar-refractivity contribution in [3.05, 3.63) is 90.5 Å². The lowest BCUT2D eigenvalue weighted by Gasteiger charge is -2.10. The molecule has 0 saturated heterocycles. The number of hydrogen-bond donors (Lipinski definition) is 1. The topological polar surface area (TPSA) is 35.2 Å². The Morgan fingerprint density at radius 2 is 1.42 bits per heavy atom. The van der Waals surface area contributed by atoms with E-state index in [1.54, 1.807) is 0 Å². The first-order chi connectivity index (χ1) is 12.7. The molecule has 0 spiro atoms. The van der Waals surface area contributed by atoms with Crippen molar-refractivity contribution in [2.75, 3.05) is 5.73 Å². The second-order valence-corrected chi connectivity index (χ2v) is 6.59. The van der Waals surface area contributed by atoms with E-state index in [9.17, 15) is 0 Å². The summed E-state index contributed by atoms with van der Waals surface area (Å²) in [5.41, 5.74) is 11.4. The Balaban J connectivity index is 1.52. The van der Waals surface area contributed by atoms with Gasteiger partial charge in [0.15, 0.2) is 0 Å². The van der Waals surface area contributed by atoms with Crippen molar-refractivity contribution in [1.29, 1.82) is 0 Å². The van der Waals surface area contributed by atoms with Crippen LogP contribution in [0, 0.1) is 0 Å². The van der Waals surface area contributed by atoms with Gasteiger partial charge >= 0.3 is 0 Å². The number of para-hydroxylation sites is 2. The second kappa shape index (κ2) is 6.97. The van der Waals surface area contributed by atoms with Crippen LogP contribution in [0.3, 0.4) is 0 Å². The van der Waals surface area contributed by atoms with Crippen molar-refractivity contribution in [2.24, 2.45) is 0 Å². The number of benzene rings is 4. The molecule has 0 fully saturated rings. The number of nitrogens with two attached hydrogens (primary N) is 1. The van der Waals surface area contributed by atoms with Crippen molar-refractivity contribution in [1.82, 2.24) is 0 Å². The maximum absolute atomic E-state index is 5.91. The highest BCUT2D eigenvalue weighted by molar-refractivity contribution is 6.33. The van der Waals surface area contributed by atoms with Gasteiger partial charge in [-0.2, -0.15) is 0 Å². The third-order valence-electron chi connectivity index (χ3n) is 4.60.